The van der Waals surface area contributed by atoms with Crippen molar-refractivity contribution < 1.29 is 22.0 Å². The standard InChI is InChI=1S/C21H25F2N3O3S/c22-17-7-8-20(19(23)13-17)26-11-9-18(14-26)25-21(27)24-10-4-12-30(28,29)15-16-5-2-1-3-6-16/h1-3,5-8,13,18H,4,9-12,14-15H2,(H2,24,25,27). The van der Waals surface area contributed by atoms with Crippen molar-refractivity contribution in [3.05, 3.63) is 65.7 Å². The lowest BCUT2D eigenvalue weighted by Gasteiger charge is -2.19. The minimum Gasteiger partial charge on any atom is -0.367 e. The highest BCUT2D eigenvalue weighted by Crippen LogP contribution is 2.24. The second-order valence-corrected chi connectivity index (χ2v) is 9.54. The van der Waals surface area contributed by atoms with Gasteiger partial charge in [-0.1, -0.05) is 30.3 Å². The van der Waals surface area contributed by atoms with Crippen LogP contribution in [0.15, 0.2) is 48.5 Å². The van der Waals surface area contributed by atoms with E-state index in [2.05, 4.69) is 10.6 Å². The normalized spacial score (nSPS) is 16.5. The summed E-state index contributed by atoms with van der Waals surface area (Å²) in [7, 11) is -3.24. The van der Waals surface area contributed by atoms with E-state index >= 15 is 0 Å². The SMILES string of the molecule is O=C(NCCCS(=O)(=O)Cc1ccccc1)NC1CCN(c2ccc(F)cc2F)C1. The number of sulfone groups is 1. The first-order chi connectivity index (χ1) is 14.3. The van der Waals surface area contributed by atoms with Crippen LogP contribution in [0.4, 0.5) is 19.3 Å². The zero-order chi connectivity index (χ0) is 21.6. The molecule has 2 aromatic rings. The predicted molar refractivity (Wildman–Crippen MR) is 112 cm³/mol. The van der Waals surface area contributed by atoms with Gasteiger partial charge >= 0.3 is 6.03 Å². The molecule has 2 N–H and O–H groups in total. The first-order valence-corrected chi connectivity index (χ1v) is 11.6. The highest BCUT2D eigenvalue weighted by Gasteiger charge is 2.25. The van der Waals surface area contributed by atoms with Gasteiger partial charge in [0.25, 0.3) is 0 Å². The number of urea groups is 1. The third-order valence-corrected chi connectivity index (χ3v) is 6.60. The van der Waals surface area contributed by atoms with Crippen LogP contribution in [-0.4, -0.2) is 45.9 Å². The Morgan fingerprint density at radius 3 is 2.63 bits per heavy atom. The molecule has 1 aliphatic heterocycles. The van der Waals surface area contributed by atoms with Gasteiger partial charge < -0.3 is 15.5 Å². The average Bonchev–Trinajstić information content (AvgIpc) is 3.14. The van der Waals surface area contributed by atoms with E-state index in [-0.39, 0.29) is 30.1 Å². The Morgan fingerprint density at radius 2 is 1.90 bits per heavy atom. The van der Waals surface area contributed by atoms with Crippen LogP contribution in [0.3, 0.4) is 0 Å². The topological polar surface area (TPSA) is 78.5 Å². The van der Waals surface area contributed by atoms with E-state index in [4.69, 9.17) is 0 Å². The number of hydrogen-bond acceptors (Lipinski definition) is 4. The van der Waals surface area contributed by atoms with Gasteiger partial charge in [0, 0.05) is 31.7 Å². The minimum absolute atomic E-state index is 0.0107. The molecule has 0 spiro atoms. The van der Waals surface area contributed by atoms with Gasteiger partial charge in [-0.2, -0.15) is 0 Å². The average molecular weight is 438 g/mol. The summed E-state index contributed by atoms with van der Waals surface area (Å²) in [6.45, 7) is 1.20. The Kier molecular flexibility index (Phi) is 7.25. The van der Waals surface area contributed by atoms with Gasteiger partial charge in [0.05, 0.1) is 17.2 Å². The van der Waals surface area contributed by atoms with Gasteiger partial charge in [-0.15, -0.1) is 0 Å². The number of halogens is 2. The first-order valence-electron chi connectivity index (χ1n) is 9.81. The van der Waals surface area contributed by atoms with Crippen molar-refractivity contribution in [2.45, 2.75) is 24.6 Å². The Bertz CT molecular complexity index is 971. The van der Waals surface area contributed by atoms with Gasteiger partial charge in [-0.05, 0) is 30.5 Å². The van der Waals surface area contributed by atoms with Crippen LogP contribution < -0.4 is 15.5 Å². The quantitative estimate of drug-likeness (QED) is 0.623. The van der Waals surface area contributed by atoms with E-state index in [0.29, 0.717) is 31.6 Å². The molecule has 2 aromatic carbocycles. The molecule has 0 aromatic heterocycles. The van der Waals surface area contributed by atoms with E-state index in [9.17, 15) is 22.0 Å². The van der Waals surface area contributed by atoms with Crippen LogP contribution in [-0.2, 0) is 15.6 Å². The Morgan fingerprint density at radius 1 is 1.13 bits per heavy atom. The summed E-state index contributed by atoms with van der Waals surface area (Å²) in [4.78, 5) is 13.8. The summed E-state index contributed by atoms with van der Waals surface area (Å²) in [5, 5.41) is 5.47. The van der Waals surface area contributed by atoms with Gasteiger partial charge in [0.1, 0.15) is 11.6 Å². The highest BCUT2D eigenvalue weighted by molar-refractivity contribution is 7.90. The number of carbonyl (C=O) groups excluding carboxylic acids is 1. The summed E-state index contributed by atoms with van der Waals surface area (Å²) >= 11 is 0. The molecule has 1 aliphatic rings. The fourth-order valence-corrected chi connectivity index (χ4v) is 4.89. The van der Waals surface area contributed by atoms with Crippen molar-refractivity contribution in [1.29, 1.82) is 0 Å². The van der Waals surface area contributed by atoms with Gasteiger partial charge in [0.2, 0.25) is 0 Å². The molecule has 1 saturated heterocycles. The van der Waals surface area contributed by atoms with Gasteiger partial charge in [-0.3, -0.25) is 0 Å². The number of anilines is 1. The maximum absolute atomic E-state index is 13.9. The van der Waals surface area contributed by atoms with Crippen LogP contribution >= 0.6 is 0 Å². The first kappa shape index (κ1) is 22.0. The van der Waals surface area contributed by atoms with Gasteiger partial charge in [0.15, 0.2) is 9.84 Å². The lowest BCUT2D eigenvalue weighted by molar-refractivity contribution is 0.238. The lowest BCUT2D eigenvalue weighted by Crippen LogP contribution is -2.43. The van der Waals surface area contributed by atoms with Crippen molar-refractivity contribution in [3.63, 3.8) is 0 Å². The zero-order valence-electron chi connectivity index (χ0n) is 16.5. The van der Waals surface area contributed by atoms with E-state index < -0.39 is 21.5 Å². The number of nitrogens with zero attached hydrogens (tertiary/aromatic N) is 1. The van der Waals surface area contributed by atoms with Crippen LogP contribution in [0.25, 0.3) is 0 Å². The lowest BCUT2D eigenvalue weighted by atomic mass is 10.2. The number of rotatable bonds is 8. The molecule has 6 nitrogen and oxygen atoms in total. The Hall–Kier alpha value is -2.68. The van der Waals surface area contributed by atoms with Crippen molar-refractivity contribution in [3.8, 4) is 0 Å². The van der Waals surface area contributed by atoms with Crippen molar-refractivity contribution in [2.24, 2.45) is 0 Å². The molecule has 0 bridgehead atoms. The number of amides is 2. The third kappa shape index (κ3) is 6.41. The number of carbonyl (C=O) groups is 1. The predicted octanol–water partition coefficient (Wildman–Crippen LogP) is 2.85. The Balaban J connectivity index is 1.37. The molecule has 1 atom stereocenters. The number of benzene rings is 2. The molecular weight excluding hydrogens is 412 g/mol. The zero-order valence-corrected chi connectivity index (χ0v) is 17.3. The number of nitrogens with one attached hydrogen (secondary N) is 2. The minimum atomic E-state index is -3.24. The number of hydrogen-bond donors (Lipinski definition) is 2. The summed E-state index contributed by atoms with van der Waals surface area (Å²) < 4.78 is 51.3. The van der Waals surface area contributed by atoms with Crippen LogP contribution in [0.5, 0.6) is 0 Å². The van der Waals surface area contributed by atoms with Crippen LogP contribution in [0.2, 0.25) is 0 Å². The summed E-state index contributed by atoms with van der Waals surface area (Å²) in [5.41, 5.74) is 1.05. The summed E-state index contributed by atoms with van der Waals surface area (Å²) in [5.74, 6) is -1.28. The van der Waals surface area contributed by atoms with E-state index in [0.717, 1.165) is 11.6 Å². The smallest absolute Gasteiger partial charge is 0.315 e. The van der Waals surface area contributed by atoms with E-state index in [1.807, 2.05) is 6.07 Å². The van der Waals surface area contributed by atoms with E-state index in [1.165, 1.54) is 12.1 Å². The molecule has 0 saturated carbocycles. The molecule has 1 fully saturated rings. The maximum Gasteiger partial charge on any atom is 0.315 e. The van der Waals surface area contributed by atoms with Crippen molar-refractivity contribution in [1.82, 2.24) is 10.6 Å². The molecule has 162 valence electrons. The second-order valence-electron chi connectivity index (χ2n) is 7.36. The van der Waals surface area contributed by atoms with Gasteiger partial charge in [-0.25, -0.2) is 22.0 Å². The molecule has 0 aliphatic carbocycles. The Labute approximate surface area is 175 Å². The third-order valence-electron chi connectivity index (χ3n) is 4.92. The summed E-state index contributed by atoms with van der Waals surface area (Å²) in [6, 6.07) is 11.8. The van der Waals surface area contributed by atoms with Crippen molar-refractivity contribution >= 4 is 21.6 Å². The monoisotopic (exact) mass is 437 g/mol. The fourth-order valence-electron chi connectivity index (χ4n) is 3.47. The molecule has 1 unspecified atom stereocenters. The molecule has 3 rings (SSSR count). The molecule has 0 radical (unpaired) electrons. The second kappa shape index (κ2) is 9.88. The molecule has 9 heteroatoms. The van der Waals surface area contributed by atoms with Crippen LogP contribution in [0.1, 0.15) is 18.4 Å². The maximum atomic E-state index is 13.9. The van der Waals surface area contributed by atoms with Crippen LogP contribution in [0, 0.1) is 11.6 Å². The van der Waals surface area contributed by atoms with E-state index in [1.54, 1.807) is 29.2 Å². The molecular formula is C21H25F2N3O3S. The van der Waals surface area contributed by atoms with Crippen molar-refractivity contribution in [2.75, 3.05) is 30.3 Å². The largest absolute Gasteiger partial charge is 0.367 e. The molecule has 1 heterocycles. The summed E-state index contributed by atoms with van der Waals surface area (Å²) in [6.07, 6.45) is 0.954. The molecule has 30 heavy (non-hydrogen) atoms. The highest BCUT2D eigenvalue weighted by atomic mass is 32.2. The molecule has 2 amide bonds. The fraction of sp³-hybridized carbons (Fsp3) is 0.381.